The molecule has 1 aliphatic heterocycles. The van der Waals surface area contributed by atoms with Crippen molar-refractivity contribution in [2.75, 3.05) is 18.1 Å². The zero-order valence-corrected chi connectivity index (χ0v) is 15.6. The summed E-state index contributed by atoms with van der Waals surface area (Å²) in [5.41, 5.74) is 8.53. The molecule has 1 aliphatic rings. The predicted molar refractivity (Wildman–Crippen MR) is 104 cm³/mol. The van der Waals surface area contributed by atoms with E-state index in [0.29, 0.717) is 24.3 Å². The van der Waals surface area contributed by atoms with Crippen LogP contribution in [0.2, 0.25) is 0 Å². The number of carbonyl (C=O) groups excluding carboxylic acids is 2. The van der Waals surface area contributed by atoms with Crippen molar-refractivity contribution < 1.29 is 14.3 Å². The zero-order chi connectivity index (χ0) is 20.1. The molecule has 0 aliphatic carbocycles. The number of hydrogen-bond acceptors (Lipinski definition) is 5. The summed E-state index contributed by atoms with van der Waals surface area (Å²) in [6.45, 7) is 3.02. The number of ether oxygens (including phenoxy) is 1. The number of rotatable bonds is 6. The van der Waals surface area contributed by atoms with Crippen molar-refractivity contribution in [3.05, 3.63) is 65.2 Å². The lowest BCUT2D eigenvalue weighted by Gasteiger charge is -2.27. The molecule has 1 fully saturated rings. The van der Waals surface area contributed by atoms with Gasteiger partial charge in [0.15, 0.2) is 0 Å². The molecule has 7 heteroatoms. The van der Waals surface area contributed by atoms with E-state index in [-0.39, 0.29) is 12.1 Å². The average Bonchev–Trinajstić information content (AvgIpc) is 2.72. The van der Waals surface area contributed by atoms with Crippen molar-refractivity contribution in [2.45, 2.75) is 25.4 Å². The smallest absolute Gasteiger partial charge is 0.414 e. The fourth-order valence-corrected chi connectivity index (χ4v) is 3.17. The zero-order valence-electron chi connectivity index (χ0n) is 15.6. The number of nitrogens with two attached hydrogens (primary N) is 1. The first-order chi connectivity index (χ1) is 13.5. The Balaban J connectivity index is 1.72. The molecule has 2 atom stereocenters. The molecule has 2 amide bonds. The van der Waals surface area contributed by atoms with E-state index in [0.717, 1.165) is 17.7 Å². The summed E-state index contributed by atoms with van der Waals surface area (Å²) in [4.78, 5) is 25.4. The molecule has 0 spiro atoms. The summed E-state index contributed by atoms with van der Waals surface area (Å²) in [6.07, 6.45) is 0.468. The second-order valence-electron chi connectivity index (χ2n) is 6.67. The number of carbonyl (C=O) groups is 2. The molecule has 2 aromatic rings. The maximum absolute atomic E-state index is 12.0. The van der Waals surface area contributed by atoms with Gasteiger partial charge in [0.25, 0.3) is 0 Å². The molecule has 2 aromatic carbocycles. The van der Waals surface area contributed by atoms with E-state index in [4.69, 9.17) is 15.7 Å². The summed E-state index contributed by atoms with van der Waals surface area (Å²) in [5.74, 6) is -0.496. The van der Waals surface area contributed by atoms with E-state index in [1.165, 1.54) is 0 Å². The molecule has 0 bridgehead atoms. The van der Waals surface area contributed by atoms with Gasteiger partial charge in [0.2, 0.25) is 5.91 Å². The molecule has 28 heavy (non-hydrogen) atoms. The van der Waals surface area contributed by atoms with Crippen LogP contribution in [0.3, 0.4) is 0 Å². The van der Waals surface area contributed by atoms with Gasteiger partial charge >= 0.3 is 6.09 Å². The molecule has 144 valence electrons. The third-order valence-electron chi connectivity index (χ3n) is 4.75. The third kappa shape index (κ3) is 4.30. The first-order valence-corrected chi connectivity index (χ1v) is 9.09. The molecule has 0 saturated carbocycles. The van der Waals surface area contributed by atoms with Crippen molar-refractivity contribution >= 4 is 17.7 Å². The number of hydrogen-bond donors (Lipinski definition) is 2. The van der Waals surface area contributed by atoms with Crippen molar-refractivity contribution in [2.24, 2.45) is 5.73 Å². The molecular weight excluding hydrogens is 356 g/mol. The summed E-state index contributed by atoms with van der Waals surface area (Å²) >= 11 is 0. The number of anilines is 1. The normalized spacial score (nSPS) is 16.0. The van der Waals surface area contributed by atoms with Crippen LogP contribution < -0.4 is 16.0 Å². The fraction of sp³-hybridized carbons (Fsp3) is 0.286. The van der Waals surface area contributed by atoms with E-state index < -0.39 is 11.9 Å². The second kappa shape index (κ2) is 8.55. The van der Waals surface area contributed by atoms with E-state index in [1.807, 2.05) is 31.2 Å². The number of nitrogens with one attached hydrogen (secondary N) is 1. The van der Waals surface area contributed by atoms with Gasteiger partial charge in [0.05, 0.1) is 18.2 Å². The summed E-state index contributed by atoms with van der Waals surface area (Å²) in [6, 6.07) is 15.5. The monoisotopic (exact) mass is 378 g/mol. The van der Waals surface area contributed by atoms with Gasteiger partial charge in [-0.05, 0) is 48.7 Å². The Hall–Kier alpha value is -3.37. The second-order valence-corrected chi connectivity index (χ2v) is 6.67. The van der Waals surface area contributed by atoms with Gasteiger partial charge in [0.1, 0.15) is 6.04 Å². The Morgan fingerprint density at radius 2 is 1.82 bits per heavy atom. The van der Waals surface area contributed by atoms with Crippen LogP contribution >= 0.6 is 0 Å². The maximum atomic E-state index is 12.0. The van der Waals surface area contributed by atoms with Gasteiger partial charge in [-0.25, -0.2) is 4.79 Å². The molecule has 0 aromatic heterocycles. The standard InChI is InChI=1S/C21H22N4O3/c1-14(24-19(20(23)26)17-5-3-15(13-22)4-6-17)16-7-9-18(10-8-16)25-11-2-12-28-21(25)27/h3-10,14,19,24H,2,11-12H2,1H3,(H2,23,26). The Morgan fingerprint density at radius 3 is 2.39 bits per heavy atom. The van der Waals surface area contributed by atoms with Gasteiger partial charge in [-0.1, -0.05) is 24.3 Å². The van der Waals surface area contributed by atoms with Crippen LogP contribution in [0.4, 0.5) is 10.5 Å². The Bertz CT molecular complexity index is 887. The molecule has 2 unspecified atom stereocenters. The molecule has 3 N–H and O–H groups in total. The van der Waals surface area contributed by atoms with Gasteiger partial charge in [-0.15, -0.1) is 0 Å². The Morgan fingerprint density at radius 1 is 1.18 bits per heavy atom. The van der Waals surface area contributed by atoms with Gasteiger partial charge < -0.3 is 10.5 Å². The lowest BCUT2D eigenvalue weighted by atomic mass is 10.0. The summed E-state index contributed by atoms with van der Waals surface area (Å²) in [5, 5.41) is 12.1. The molecule has 0 radical (unpaired) electrons. The quantitative estimate of drug-likeness (QED) is 0.803. The highest BCUT2D eigenvalue weighted by molar-refractivity contribution is 5.88. The van der Waals surface area contributed by atoms with E-state index in [1.54, 1.807) is 29.2 Å². The summed E-state index contributed by atoms with van der Waals surface area (Å²) in [7, 11) is 0. The number of amides is 2. The van der Waals surface area contributed by atoms with E-state index >= 15 is 0 Å². The van der Waals surface area contributed by atoms with Crippen LogP contribution in [-0.2, 0) is 9.53 Å². The maximum Gasteiger partial charge on any atom is 0.414 e. The third-order valence-corrected chi connectivity index (χ3v) is 4.75. The number of cyclic esters (lactones) is 1. The lowest BCUT2D eigenvalue weighted by molar-refractivity contribution is -0.120. The largest absolute Gasteiger partial charge is 0.449 e. The Kier molecular flexibility index (Phi) is 5.92. The van der Waals surface area contributed by atoms with Crippen molar-refractivity contribution in [1.82, 2.24) is 5.32 Å². The fourth-order valence-electron chi connectivity index (χ4n) is 3.17. The Labute approximate surface area is 163 Å². The predicted octanol–water partition coefficient (Wildman–Crippen LogP) is 2.78. The molecular formula is C21H22N4O3. The molecule has 1 saturated heterocycles. The van der Waals surface area contributed by atoms with Crippen molar-refractivity contribution in [1.29, 1.82) is 5.26 Å². The van der Waals surface area contributed by atoms with Gasteiger partial charge in [0, 0.05) is 18.3 Å². The van der Waals surface area contributed by atoms with Crippen LogP contribution in [0.15, 0.2) is 48.5 Å². The van der Waals surface area contributed by atoms with Crippen LogP contribution in [0.25, 0.3) is 0 Å². The minimum absolute atomic E-state index is 0.157. The van der Waals surface area contributed by atoms with Crippen molar-refractivity contribution in [3.63, 3.8) is 0 Å². The molecule has 7 nitrogen and oxygen atoms in total. The number of primary amides is 1. The minimum Gasteiger partial charge on any atom is -0.449 e. The molecule has 3 rings (SSSR count). The van der Waals surface area contributed by atoms with Crippen LogP contribution in [0.5, 0.6) is 0 Å². The van der Waals surface area contributed by atoms with E-state index in [9.17, 15) is 9.59 Å². The first-order valence-electron chi connectivity index (χ1n) is 9.09. The highest BCUT2D eigenvalue weighted by atomic mass is 16.6. The lowest BCUT2D eigenvalue weighted by Crippen LogP contribution is -2.37. The topological polar surface area (TPSA) is 108 Å². The SMILES string of the molecule is CC(NC(C(N)=O)c1ccc(C#N)cc1)c1ccc(N2CCCOC2=O)cc1. The average molecular weight is 378 g/mol. The van der Waals surface area contributed by atoms with Crippen LogP contribution in [0.1, 0.15) is 42.1 Å². The number of benzene rings is 2. The van der Waals surface area contributed by atoms with E-state index in [2.05, 4.69) is 11.4 Å². The van der Waals surface area contributed by atoms with Gasteiger partial charge in [-0.3, -0.25) is 15.0 Å². The van der Waals surface area contributed by atoms with Gasteiger partial charge in [-0.2, -0.15) is 5.26 Å². The number of nitriles is 1. The summed E-state index contributed by atoms with van der Waals surface area (Å²) < 4.78 is 5.07. The highest BCUT2D eigenvalue weighted by Gasteiger charge is 2.23. The van der Waals surface area contributed by atoms with Crippen LogP contribution in [-0.4, -0.2) is 25.2 Å². The first kappa shape index (κ1) is 19.4. The van der Waals surface area contributed by atoms with Crippen molar-refractivity contribution in [3.8, 4) is 6.07 Å². The highest BCUT2D eigenvalue weighted by Crippen LogP contribution is 2.24. The molecule has 1 heterocycles. The minimum atomic E-state index is -0.681. The van der Waals surface area contributed by atoms with Crippen LogP contribution in [0, 0.1) is 11.3 Å². The number of nitrogens with zero attached hydrogens (tertiary/aromatic N) is 2.